The van der Waals surface area contributed by atoms with Crippen molar-refractivity contribution in [3.63, 3.8) is 0 Å². The van der Waals surface area contributed by atoms with Crippen molar-refractivity contribution >= 4 is 31.9 Å². The lowest BCUT2D eigenvalue weighted by atomic mass is 10.0. The second kappa shape index (κ2) is 8.18. The van der Waals surface area contributed by atoms with Crippen molar-refractivity contribution < 1.29 is 4.74 Å². The van der Waals surface area contributed by atoms with Crippen LogP contribution >= 0.6 is 31.9 Å². The van der Waals surface area contributed by atoms with E-state index in [2.05, 4.69) is 57.1 Å². The Hall–Kier alpha value is -0.0600. The molecule has 0 saturated heterocycles. The Labute approximate surface area is 127 Å². The van der Waals surface area contributed by atoms with E-state index in [9.17, 15) is 0 Å². The van der Waals surface area contributed by atoms with E-state index in [-0.39, 0.29) is 0 Å². The predicted molar refractivity (Wildman–Crippen MR) is 84.2 cm³/mol. The zero-order chi connectivity index (χ0) is 13.5. The van der Waals surface area contributed by atoms with E-state index in [1.165, 1.54) is 18.4 Å². The summed E-state index contributed by atoms with van der Waals surface area (Å²) in [7, 11) is 1.71. The smallest absolute Gasteiger partial charge is 0.137 e. The first-order valence-corrected chi connectivity index (χ1v) is 7.93. The Morgan fingerprint density at radius 2 is 1.89 bits per heavy atom. The largest absolute Gasteiger partial charge is 0.495 e. The first-order chi connectivity index (χ1) is 8.62. The molecule has 0 aliphatic carbocycles. The molecule has 0 heterocycles. The molecule has 0 aromatic heterocycles. The fraction of sp³-hybridized carbons (Fsp3) is 0.571. The second-order valence-corrected chi connectivity index (χ2v) is 6.16. The van der Waals surface area contributed by atoms with Gasteiger partial charge in [0.15, 0.2) is 0 Å². The van der Waals surface area contributed by atoms with Crippen LogP contribution in [0, 0.1) is 5.92 Å². The minimum atomic E-state index is 0.756. The molecule has 18 heavy (non-hydrogen) atoms. The van der Waals surface area contributed by atoms with Crippen LogP contribution in [0.4, 0.5) is 0 Å². The molecule has 102 valence electrons. The topological polar surface area (TPSA) is 21.3 Å². The van der Waals surface area contributed by atoms with E-state index in [1.54, 1.807) is 7.11 Å². The van der Waals surface area contributed by atoms with Crippen molar-refractivity contribution in [3.05, 3.63) is 26.6 Å². The van der Waals surface area contributed by atoms with Crippen LogP contribution in [0.25, 0.3) is 0 Å². The molecule has 0 atom stereocenters. The van der Waals surface area contributed by atoms with Gasteiger partial charge in [0, 0.05) is 16.6 Å². The van der Waals surface area contributed by atoms with Crippen molar-refractivity contribution in [2.45, 2.75) is 33.2 Å². The second-order valence-electron chi connectivity index (χ2n) is 4.39. The standard InChI is InChI=1S/C14H21Br2NO/c1-4-10(5-2)8-17-9-11-6-12(15)7-13(16)14(11)18-3/h6-7,10,17H,4-5,8-9H2,1-3H3. The van der Waals surface area contributed by atoms with E-state index in [4.69, 9.17) is 4.74 Å². The monoisotopic (exact) mass is 377 g/mol. The molecule has 1 aromatic rings. The van der Waals surface area contributed by atoms with Gasteiger partial charge in [-0.2, -0.15) is 0 Å². The summed E-state index contributed by atoms with van der Waals surface area (Å²) in [6.45, 7) is 6.37. The molecule has 0 bridgehead atoms. The molecule has 0 radical (unpaired) electrons. The van der Waals surface area contributed by atoms with Crippen LogP contribution in [0.3, 0.4) is 0 Å². The number of rotatable bonds is 7. The van der Waals surface area contributed by atoms with Gasteiger partial charge in [0.2, 0.25) is 0 Å². The zero-order valence-electron chi connectivity index (χ0n) is 11.2. The number of hydrogen-bond acceptors (Lipinski definition) is 2. The van der Waals surface area contributed by atoms with Gasteiger partial charge in [-0.1, -0.05) is 42.6 Å². The number of halogens is 2. The van der Waals surface area contributed by atoms with E-state index in [0.29, 0.717) is 0 Å². The highest BCUT2D eigenvalue weighted by atomic mass is 79.9. The molecule has 0 aliphatic heterocycles. The molecule has 0 saturated carbocycles. The number of methoxy groups -OCH3 is 1. The van der Waals surface area contributed by atoms with Crippen LogP contribution in [0.2, 0.25) is 0 Å². The maximum absolute atomic E-state index is 5.43. The van der Waals surface area contributed by atoms with Gasteiger partial charge in [-0.05, 0) is 40.5 Å². The lowest BCUT2D eigenvalue weighted by Gasteiger charge is -2.15. The van der Waals surface area contributed by atoms with Gasteiger partial charge in [0.05, 0.1) is 11.6 Å². The third-order valence-electron chi connectivity index (χ3n) is 3.19. The highest BCUT2D eigenvalue weighted by molar-refractivity contribution is 9.11. The molecular formula is C14H21Br2NO. The third-order valence-corrected chi connectivity index (χ3v) is 4.24. The van der Waals surface area contributed by atoms with Gasteiger partial charge in [-0.3, -0.25) is 0 Å². The molecule has 0 spiro atoms. The van der Waals surface area contributed by atoms with Gasteiger partial charge < -0.3 is 10.1 Å². The molecule has 0 aliphatic rings. The van der Waals surface area contributed by atoms with Crippen molar-refractivity contribution in [1.82, 2.24) is 5.32 Å². The molecule has 2 nitrogen and oxygen atoms in total. The molecule has 0 fully saturated rings. The summed E-state index contributed by atoms with van der Waals surface area (Å²) < 4.78 is 7.48. The minimum Gasteiger partial charge on any atom is -0.495 e. The molecule has 1 rings (SSSR count). The van der Waals surface area contributed by atoms with Gasteiger partial charge in [0.25, 0.3) is 0 Å². The lowest BCUT2D eigenvalue weighted by Crippen LogP contribution is -2.22. The average molecular weight is 379 g/mol. The third kappa shape index (κ3) is 4.56. The Morgan fingerprint density at radius 3 is 2.44 bits per heavy atom. The summed E-state index contributed by atoms with van der Waals surface area (Å²) in [5, 5.41) is 3.51. The molecule has 1 aromatic carbocycles. The number of nitrogens with one attached hydrogen (secondary N) is 1. The van der Waals surface area contributed by atoms with E-state index in [1.807, 2.05) is 6.07 Å². The van der Waals surface area contributed by atoms with Crippen LogP contribution in [-0.2, 0) is 6.54 Å². The first-order valence-electron chi connectivity index (χ1n) is 6.34. The molecule has 4 heteroatoms. The normalized spacial score (nSPS) is 11.0. The fourth-order valence-electron chi connectivity index (χ4n) is 1.96. The summed E-state index contributed by atoms with van der Waals surface area (Å²) >= 11 is 7.03. The summed E-state index contributed by atoms with van der Waals surface area (Å²) in [6.07, 6.45) is 2.45. The summed E-state index contributed by atoms with van der Waals surface area (Å²) in [5.41, 5.74) is 1.17. The molecule has 0 unspecified atom stereocenters. The Kier molecular flexibility index (Phi) is 7.27. The van der Waals surface area contributed by atoms with Crippen molar-refractivity contribution in [2.75, 3.05) is 13.7 Å². The van der Waals surface area contributed by atoms with Gasteiger partial charge >= 0.3 is 0 Å². The van der Waals surface area contributed by atoms with E-state index >= 15 is 0 Å². The van der Waals surface area contributed by atoms with Crippen LogP contribution in [-0.4, -0.2) is 13.7 Å². The fourth-order valence-corrected chi connectivity index (χ4v) is 3.44. The lowest BCUT2D eigenvalue weighted by molar-refractivity contribution is 0.400. The van der Waals surface area contributed by atoms with E-state index in [0.717, 1.165) is 33.7 Å². The molecule has 1 N–H and O–H groups in total. The van der Waals surface area contributed by atoms with Gasteiger partial charge in [-0.25, -0.2) is 0 Å². The van der Waals surface area contributed by atoms with Crippen LogP contribution in [0.1, 0.15) is 32.3 Å². The van der Waals surface area contributed by atoms with Crippen molar-refractivity contribution in [1.29, 1.82) is 0 Å². The Balaban J connectivity index is 2.66. The van der Waals surface area contributed by atoms with Crippen LogP contribution in [0.5, 0.6) is 5.75 Å². The Bertz CT molecular complexity index is 378. The summed E-state index contributed by atoms with van der Waals surface area (Å²) in [6, 6.07) is 4.10. The Morgan fingerprint density at radius 1 is 1.22 bits per heavy atom. The highest BCUT2D eigenvalue weighted by Gasteiger charge is 2.10. The van der Waals surface area contributed by atoms with Crippen LogP contribution in [0.15, 0.2) is 21.1 Å². The summed E-state index contributed by atoms with van der Waals surface area (Å²) in [4.78, 5) is 0. The van der Waals surface area contributed by atoms with E-state index < -0.39 is 0 Å². The summed E-state index contributed by atoms with van der Waals surface area (Å²) in [5.74, 6) is 1.67. The first kappa shape index (κ1) is 16.0. The quantitative estimate of drug-likeness (QED) is 0.739. The molecular weight excluding hydrogens is 358 g/mol. The maximum atomic E-state index is 5.43. The number of ether oxygens (including phenoxy) is 1. The number of benzene rings is 1. The van der Waals surface area contributed by atoms with Gasteiger partial charge in [0.1, 0.15) is 5.75 Å². The molecule has 0 amide bonds. The predicted octanol–water partition coefficient (Wildman–Crippen LogP) is 4.75. The maximum Gasteiger partial charge on any atom is 0.137 e. The highest BCUT2D eigenvalue weighted by Crippen LogP contribution is 2.32. The zero-order valence-corrected chi connectivity index (χ0v) is 14.4. The van der Waals surface area contributed by atoms with Crippen LogP contribution < -0.4 is 10.1 Å². The van der Waals surface area contributed by atoms with Crippen molar-refractivity contribution in [2.24, 2.45) is 5.92 Å². The van der Waals surface area contributed by atoms with Gasteiger partial charge in [-0.15, -0.1) is 0 Å². The average Bonchev–Trinajstić information content (AvgIpc) is 2.34. The SMILES string of the molecule is CCC(CC)CNCc1cc(Br)cc(Br)c1OC. The minimum absolute atomic E-state index is 0.756. The number of hydrogen-bond donors (Lipinski definition) is 1. The van der Waals surface area contributed by atoms with Crippen molar-refractivity contribution in [3.8, 4) is 5.75 Å².